The van der Waals surface area contributed by atoms with E-state index >= 15 is 0 Å². The Bertz CT molecular complexity index is 289. The summed E-state index contributed by atoms with van der Waals surface area (Å²) in [6, 6.07) is 1.87. The molecule has 1 unspecified atom stereocenters. The smallest absolute Gasteiger partial charge is 0.159 e. The normalized spacial score (nSPS) is 12.9. The minimum Gasteiger partial charge on any atom is -0.393 e. The lowest BCUT2D eigenvalue weighted by atomic mass is 10.2. The van der Waals surface area contributed by atoms with Crippen LogP contribution >= 0.6 is 0 Å². The van der Waals surface area contributed by atoms with Crippen molar-refractivity contribution in [3.8, 4) is 0 Å². The van der Waals surface area contributed by atoms with Crippen LogP contribution in [-0.4, -0.2) is 26.8 Å². The first-order chi connectivity index (χ1) is 6.17. The van der Waals surface area contributed by atoms with E-state index in [1.807, 2.05) is 19.9 Å². The van der Waals surface area contributed by atoms with Gasteiger partial charge in [0.25, 0.3) is 0 Å². The molecule has 0 aromatic carbocycles. The molecular formula is C9H14N2O2. The van der Waals surface area contributed by atoms with Gasteiger partial charge in [-0.3, -0.25) is 0 Å². The van der Waals surface area contributed by atoms with Gasteiger partial charge in [-0.2, -0.15) is 0 Å². The highest BCUT2D eigenvalue weighted by Gasteiger charge is 2.10. The van der Waals surface area contributed by atoms with Crippen molar-refractivity contribution in [2.45, 2.75) is 26.4 Å². The van der Waals surface area contributed by atoms with Crippen molar-refractivity contribution in [1.29, 1.82) is 0 Å². The Morgan fingerprint density at radius 1 is 1.46 bits per heavy atom. The highest BCUT2D eigenvalue weighted by molar-refractivity contribution is 5.11. The zero-order valence-electron chi connectivity index (χ0n) is 7.86. The maximum Gasteiger partial charge on any atom is 0.159 e. The Morgan fingerprint density at radius 3 is 2.69 bits per heavy atom. The predicted octanol–water partition coefficient (Wildman–Crippen LogP) is 0.373. The molecule has 1 aromatic rings. The fraction of sp³-hybridized carbons (Fsp3) is 0.556. The summed E-state index contributed by atoms with van der Waals surface area (Å²) in [6.45, 7) is 3.48. The summed E-state index contributed by atoms with van der Waals surface area (Å²) in [6.07, 6.45) is -0.167. The van der Waals surface area contributed by atoms with Gasteiger partial charge in [0.05, 0.1) is 6.61 Å². The number of rotatable bonds is 3. The van der Waals surface area contributed by atoms with Crippen molar-refractivity contribution in [3.63, 3.8) is 0 Å². The van der Waals surface area contributed by atoms with Crippen molar-refractivity contribution in [3.05, 3.63) is 23.3 Å². The summed E-state index contributed by atoms with van der Waals surface area (Å²) < 4.78 is 0. The predicted molar refractivity (Wildman–Crippen MR) is 48.2 cm³/mol. The maximum absolute atomic E-state index is 9.30. The summed E-state index contributed by atoms with van der Waals surface area (Å²) in [7, 11) is 0. The van der Waals surface area contributed by atoms with Crippen LogP contribution in [0, 0.1) is 6.92 Å². The van der Waals surface area contributed by atoms with E-state index in [1.165, 1.54) is 0 Å². The Kier molecular flexibility index (Phi) is 3.33. The van der Waals surface area contributed by atoms with Gasteiger partial charge in [0.1, 0.15) is 6.10 Å². The molecule has 0 aliphatic heterocycles. The molecule has 0 aliphatic rings. The zero-order valence-corrected chi connectivity index (χ0v) is 7.86. The summed E-state index contributed by atoms with van der Waals surface area (Å²) >= 11 is 0. The molecular weight excluding hydrogens is 168 g/mol. The Balaban J connectivity index is 3.01. The van der Waals surface area contributed by atoms with E-state index in [1.54, 1.807) is 0 Å². The molecule has 0 amide bonds. The second kappa shape index (κ2) is 4.30. The van der Waals surface area contributed by atoms with Crippen molar-refractivity contribution in [1.82, 2.24) is 9.97 Å². The minimum absolute atomic E-state index is 0.305. The second-order valence-corrected chi connectivity index (χ2v) is 2.91. The van der Waals surface area contributed by atoms with E-state index in [0.29, 0.717) is 5.82 Å². The third kappa shape index (κ3) is 2.47. The molecule has 0 saturated carbocycles. The van der Waals surface area contributed by atoms with E-state index in [-0.39, 0.29) is 6.61 Å². The average molecular weight is 182 g/mol. The Morgan fingerprint density at radius 2 is 2.15 bits per heavy atom. The number of aliphatic hydroxyl groups is 2. The molecule has 1 rings (SSSR count). The fourth-order valence-electron chi connectivity index (χ4n) is 1.07. The number of nitrogens with zero attached hydrogens (tertiary/aromatic N) is 2. The second-order valence-electron chi connectivity index (χ2n) is 2.91. The van der Waals surface area contributed by atoms with Crippen LogP contribution in [0.2, 0.25) is 0 Å². The standard InChI is InChI=1S/C9H14N2O2/c1-3-7-4-6(2)10-9(11-7)8(13)5-12/h4,8,12-13H,3,5H2,1-2H3. The minimum atomic E-state index is -0.967. The van der Waals surface area contributed by atoms with E-state index in [2.05, 4.69) is 9.97 Å². The fourth-order valence-corrected chi connectivity index (χ4v) is 1.07. The number of aliphatic hydroxyl groups excluding tert-OH is 2. The van der Waals surface area contributed by atoms with Crippen LogP contribution in [0.4, 0.5) is 0 Å². The van der Waals surface area contributed by atoms with Gasteiger partial charge < -0.3 is 10.2 Å². The molecule has 0 radical (unpaired) electrons. The van der Waals surface area contributed by atoms with Crippen LogP contribution in [0.3, 0.4) is 0 Å². The first kappa shape index (κ1) is 10.1. The number of hydrogen-bond acceptors (Lipinski definition) is 4. The topological polar surface area (TPSA) is 66.2 Å². The molecule has 0 aliphatic carbocycles. The van der Waals surface area contributed by atoms with Crippen LogP contribution in [0.15, 0.2) is 6.07 Å². The Hall–Kier alpha value is -1.00. The van der Waals surface area contributed by atoms with Crippen molar-refractivity contribution < 1.29 is 10.2 Å². The Labute approximate surface area is 77.3 Å². The molecule has 0 fully saturated rings. The van der Waals surface area contributed by atoms with Crippen molar-refractivity contribution in [2.75, 3.05) is 6.61 Å². The lowest BCUT2D eigenvalue weighted by Crippen LogP contribution is -2.10. The van der Waals surface area contributed by atoms with Crippen LogP contribution in [0.25, 0.3) is 0 Å². The molecule has 0 bridgehead atoms. The monoisotopic (exact) mass is 182 g/mol. The number of aromatic nitrogens is 2. The van der Waals surface area contributed by atoms with Gasteiger partial charge >= 0.3 is 0 Å². The van der Waals surface area contributed by atoms with Gasteiger partial charge in [-0.15, -0.1) is 0 Å². The van der Waals surface area contributed by atoms with Gasteiger partial charge in [-0.25, -0.2) is 9.97 Å². The molecule has 1 heterocycles. The van der Waals surface area contributed by atoms with E-state index in [0.717, 1.165) is 17.8 Å². The number of aryl methyl sites for hydroxylation is 2. The van der Waals surface area contributed by atoms with Crippen molar-refractivity contribution in [2.24, 2.45) is 0 Å². The summed E-state index contributed by atoms with van der Waals surface area (Å²) in [5.74, 6) is 0.305. The lowest BCUT2D eigenvalue weighted by molar-refractivity contribution is 0.0883. The zero-order chi connectivity index (χ0) is 9.84. The van der Waals surface area contributed by atoms with Gasteiger partial charge in [0.2, 0.25) is 0 Å². The van der Waals surface area contributed by atoms with E-state index in [9.17, 15) is 5.11 Å². The number of hydrogen-bond donors (Lipinski definition) is 2. The van der Waals surface area contributed by atoms with Gasteiger partial charge in [-0.1, -0.05) is 6.92 Å². The third-order valence-electron chi connectivity index (χ3n) is 1.76. The van der Waals surface area contributed by atoms with Gasteiger partial charge in [0.15, 0.2) is 5.82 Å². The van der Waals surface area contributed by atoms with Crippen LogP contribution in [-0.2, 0) is 6.42 Å². The van der Waals surface area contributed by atoms with Gasteiger partial charge in [-0.05, 0) is 19.4 Å². The molecule has 13 heavy (non-hydrogen) atoms. The first-order valence-corrected chi connectivity index (χ1v) is 4.30. The highest BCUT2D eigenvalue weighted by atomic mass is 16.3. The van der Waals surface area contributed by atoms with Crippen LogP contribution in [0.5, 0.6) is 0 Å². The van der Waals surface area contributed by atoms with Gasteiger partial charge in [0, 0.05) is 11.4 Å². The largest absolute Gasteiger partial charge is 0.393 e. The highest BCUT2D eigenvalue weighted by Crippen LogP contribution is 2.08. The summed E-state index contributed by atoms with van der Waals surface area (Å²) in [5, 5.41) is 18.0. The molecule has 2 N–H and O–H groups in total. The third-order valence-corrected chi connectivity index (χ3v) is 1.76. The molecule has 72 valence electrons. The molecule has 1 aromatic heterocycles. The lowest BCUT2D eigenvalue weighted by Gasteiger charge is -2.07. The molecule has 0 saturated heterocycles. The van der Waals surface area contributed by atoms with Crippen LogP contribution < -0.4 is 0 Å². The van der Waals surface area contributed by atoms with Crippen molar-refractivity contribution >= 4 is 0 Å². The average Bonchev–Trinajstić information content (AvgIpc) is 2.15. The quantitative estimate of drug-likeness (QED) is 0.709. The molecule has 0 spiro atoms. The van der Waals surface area contributed by atoms with Crippen LogP contribution in [0.1, 0.15) is 30.2 Å². The molecule has 4 nitrogen and oxygen atoms in total. The van der Waals surface area contributed by atoms with E-state index in [4.69, 9.17) is 5.11 Å². The first-order valence-electron chi connectivity index (χ1n) is 4.30. The maximum atomic E-state index is 9.30. The summed E-state index contributed by atoms with van der Waals surface area (Å²) in [4.78, 5) is 8.13. The SMILES string of the molecule is CCc1cc(C)nc(C(O)CO)n1. The molecule has 1 atom stereocenters. The van der Waals surface area contributed by atoms with E-state index < -0.39 is 6.10 Å². The summed E-state index contributed by atoms with van der Waals surface area (Å²) in [5.41, 5.74) is 1.70. The molecule has 4 heteroatoms.